The third kappa shape index (κ3) is 11.8. The van der Waals surface area contributed by atoms with Crippen molar-refractivity contribution in [3.05, 3.63) is 42.1 Å². The molecule has 2 N–H and O–H groups in total. The molecule has 30 heavy (non-hydrogen) atoms. The summed E-state index contributed by atoms with van der Waals surface area (Å²) in [6.45, 7) is 20.5. The van der Waals surface area contributed by atoms with Gasteiger partial charge in [0, 0.05) is 70.4 Å². The molecule has 1 aromatic carbocycles. The zero-order chi connectivity index (χ0) is 22.8. The molecular formula is C23H44N4O2S. The molecule has 0 radical (unpaired) electrons. The molecule has 0 amide bonds. The minimum atomic E-state index is 0.0118. The number of nitrogens with zero attached hydrogens (tertiary/aromatic N) is 2. The van der Waals surface area contributed by atoms with E-state index in [-0.39, 0.29) is 6.10 Å². The van der Waals surface area contributed by atoms with Gasteiger partial charge in [0.2, 0.25) is 0 Å². The Balaban J connectivity index is 0.00000198. The first-order valence-corrected chi connectivity index (χ1v) is 11.9. The number of morpholine rings is 1. The number of nitrogens with one attached hydrogen (secondary N) is 2. The van der Waals surface area contributed by atoms with Gasteiger partial charge >= 0.3 is 0 Å². The normalized spacial score (nSPS) is 14.5. The predicted octanol–water partition coefficient (Wildman–Crippen LogP) is 4.79. The molecule has 0 aliphatic carbocycles. The smallest absolute Gasteiger partial charge is 0.0996 e. The van der Waals surface area contributed by atoms with E-state index in [2.05, 4.69) is 50.1 Å². The van der Waals surface area contributed by atoms with E-state index < -0.39 is 0 Å². The number of methoxy groups -OCH3 is 1. The summed E-state index contributed by atoms with van der Waals surface area (Å²) in [7, 11) is 3.78. The molecule has 2 rings (SSSR count). The Bertz CT molecular complexity index is 554. The average molecular weight is 441 g/mol. The number of hydrogen-bond donors (Lipinski definition) is 2. The van der Waals surface area contributed by atoms with Crippen LogP contribution in [0.5, 0.6) is 0 Å². The van der Waals surface area contributed by atoms with E-state index in [0.717, 1.165) is 62.9 Å². The van der Waals surface area contributed by atoms with Crippen molar-refractivity contribution in [3.63, 3.8) is 0 Å². The van der Waals surface area contributed by atoms with Gasteiger partial charge in [-0.25, -0.2) is 4.72 Å². The van der Waals surface area contributed by atoms with Crippen molar-refractivity contribution < 1.29 is 9.47 Å². The van der Waals surface area contributed by atoms with Crippen LogP contribution in [-0.4, -0.2) is 69.9 Å². The van der Waals surface area contributed by atoms with E-state index in [0.29, 0.717) is 0 Å². The Kier molecular flexibility index (Phi) is 17.7. The van der Waals surface area contributed by atoms with E-state index >= 15 is 0 Å². The Morgan fingerprint density at radius 1 is 1.27 bits per heavy atom. The van der Waals surface area contributed by atoms with E-state index in [1.54, 1.807) is 7.11 Å². The minimum Gasteiger partial charge on any atom is -0.379 e. The number of anilines is 1. The van der Waals surface area contributed by atoms with Gasteiger partial charge in [0.25, 0.3) is 0 Å². The fourth-order valence-corrected chi connectivity index (χ4v) is 3.21. The second-order valence-corrected chi connectivity index (χ2v) is 7.22. The number of ether oxygens (including phenoxy) is 2. The van der Waals surface area contributed by atoms with E-state index in [1.807, 2.05) is 41.7 Å². The summed E-state index contributed by atoms with van der Waals surface area (Å²) in [5, 5.41) is 0. The number of likely N-dealkylation sites (N-methyl/N-ethyl adjacent to an activating group) is 1. The number of benzene rings is 1. The average Bonchev–Trinajstić information content (AvgIpc) is 2.80. The lowest BCUT2D eigenvalue weighted by Gasteiger charge is -2.26. The highest BCUT2D eigenvalue weighted by Gasteiger charge is 2.14. The third-order valence-electron chi connectivity index (χ3n) is 4.51. The van der Waals surface area contributed by atoms with Crippen LogP contribution in [0.2, 0.25) is 0 Å². The Morgan fingerprint density at radius 3 is 2.53 bits per heavy atom. The molecule has 1 heterocycles. The van der Waals surface area contributed by atoms with Crippen LogP contribution in [0.1, 0.15) is 46.3 Å². The Morgan fingerprint density at radius 2 is 1.93 bits per heavy atom. The standard InChI is InChI=1S/C19H32N4O2S.2C2H6/c1-16(2)22(3)15-19(24-4)17-6-5-7-18(14-17)21-26-20-8-9-23-10-12-25-13-11-23;2*1-2/h5-7,14,19-21H,1,8-13,15H2,2-4H3;2*1-2H3. The van der Waals surface area contributed by atoms with Crippen molar-refractivity contribution in [1.29, 1.82) is 0 Å². The lowest BCUT2D eigenvalue weighted by atomic mass is 10.1. The highest BCUT2D eigenvalue weighted by atomic mass is 32.2. The summed E-state index contributed by atoms with van der Waals surface area (Å²) < 4.78 is 17.8. The number of allylic oxidation sites excluding steroid dienone is 1. The highest BCUT2D eigenvalue weighted by Crippen LogP contribution is 2.23. The molecule has 1 aliphatic rings. The maximum absolute atomic E-state index is 5.67. The number of hydrogen-bond acceptors (Lipinski definition) is 7. The van der Waals surface area contributed by atoms with Gasteiger partial charge in [0.05, 0.1) is 19.3 Å². The van der Waals surface area contributed by atoms with Crippen molar-refractivity contribution in [3.8, 4) is 0 Å². The molecule has 0 bridgehead atoms. The molecule has 0 aromatic heterocycles. The summed E-state index contributed by atoms with van der Waals surface area (Å²) in [5.74, 6) is 0. The van der Waals surface area contributed by atoms with Crippen molar-refractivity contribution in [2.75, 3.05) is 64.8 Å². The van der Waals surface area contributed by atoms with Gasteiger partial charge in [-0.2, -0.15) is 0 Å². The van der Waals surface area contributed by atoms with Gasteiger partial charge in [-0.1, -0.05) is 46.4 Å². The summed E-state index contributed by atoms with van der Waals surface area (Å²) in [4.78, 5) is 4.52. The second kappa shape index (κ2) is 18.5. The minimum absolute atomic E-state index is 0.0118. The van der Waals surface area contributed by atoms with Crippen LogP contribution in [0.4, 0.5) is 5.69 Å². The largest absolute Gasteiger partial charge is 0.379 e. The van der Waals surface area contributed by atoms with E-state index in [9.17, 15) is 0 Å². The summed E-state index contributed by atoms with van der Waals surface area (Å²) in [5.41, 5.74) is 3.24. The lowest BCUT2D eigenvalue weighted by molar-refractivity contribution is 0.0391. The van der Waals surface area contributed by atoms with Gasteiger partial charge in [0.1, 0.15) is 0 Å². The molecule has 0 saturated carbocycles. The molecule has 1 aliphatic heterocycles. The molecule has 6 nitrogen and oxygen atoms in total. The summed E-state index contributed by atoms with van der Waals surface area (Å²) >= 11 is 1.52. The highest BCUT2D eigenvalue weighted by molar-refractivity contribution is 7.98. The topological polar surface area (TPSA) is 49.0 Å². The molecule has 174 valence electrons. The number of rotatable bonds is 11. The summed E-state index contributed by atoms with van der Waals surface area (Å²) in [6.07, 6.45) is 0.0118. The predicted molar refractivity (Wildman–Crippen MR) is 133 cm³/mol. The van der Waals surface area contributed by atoms with Crippen molar-refractivity contribution >= 4 is 17.8 Å². The van der Waals surface area contributed by atoms with Crippen LogP contribution in [0, 0.1) is 0 Å². The van der Waals surface area contributed by atoms with Crippen LogP contribution < -0.4 is 9.44 Å². The van der Waals surface area contributed by atoms with Gasteiger partial charge in [-0.3, -0.25) is 4.90 Å². The first kappa shape index (κ1) is 28.8. The Hall–Kier alpha value is -1.25. The van der Waals surface area contributed by atoms with Crippen LogP contribution in [-0.2, 0) is 9.47 Å². The quantitative estimate of drug-likeness (QED) is 0.379. The molecule has 1 aromatic rings. The third-order valence-corrected chi connectivity index (χ3v) is 5.20. The zero-order valence-electron chi connectivity index (χ0n) is 20.2. The molecule has 1 fully saturated rings. The van der Waals surface area contributed by atoms with Gasteiger partial charge in [0.15, 0.2) is 0 Å². The van der Waals surface area contributed by atoms with Crippen LogP contribution >= 0.6 is 12.1 Å². The van der Waals surface area contributed by atoms with E-state index in [1.165, 1.54) is 12.1 Å². The van der Waals surface area contributed by atoms with Gasteiger partial charge < -0.3 is 19.1 Å². The van der Waals surface area contributed by atoms with Gasteiger partial charge in [-0.05, 0) is 24.6 Å². The molecule has 1 saturated heterocycles. The zero-order valence-corrected chi connectivity index (χ0v) is 21.0. The maximum atomic E-state index is 5.67. The Labute approximate surface area is 189 Å². The molecular weight excluding hydrogens is 396 g/mol. The van der Waals surface area contributed by atoms with E-state index in [4.69, 9.17) is 9.47 Å². The molecule has 7 heteroatoms. The fraction of sp³-hybridized carbons (Fsp3) is 0.652. The SMILES string of the molecule is C=C(C)N(C)CC(OC)c1cccc(NSNCCN2CCOCC2)c1.CC.CC. The van der Waals surface area contributed by atoms with Crippen LogP contribution in [0.25, 0.3) is 0 Å². The fourth-order valence-electron chi connectivity index (χ4n) is 2.70. The first-order chi connectivity index (χ1) is 14.6. The first-order valence-electron chi connectivity index (χ1n) is 11.0. The molecule has 1 unspecified atom stereocenters. The monoisotopic (exact) mass is 440 g/mol. The second-order valence-electron chi connectivity index (χ2n) is 6.52. The maximum Gasteiger partial charge on any atom is 0.0996 e. The van der Waals surface area contributed by atoms with Crippen molar-refractivity contribution in [2.24, 2.45) is 0 Å². The van der Waals surface area contributed by atoms with Crippen LogP contribution in [0.15, 0.2) is 36.5 Å². The van der Waals surface area contributed by atoms with Crippen LogP contribution in [0.3, 0.4) is 0 Å². The van der Waals surface area contributed by atoms with Gasteiger partial charge in [-0.15, -0.1) is 0 Å². The molecule has 0 spiro atoms. The van der Waals surface area contributed by atoms with Crippen molar-refractivity contribution in [2.45, 2.75) is 40.7 Å². The lowest BCUT2D eigenvalue weighted by Crippen LogP contribution is -2.39. The summed E-state index contributed by atoms with van der Waals surface area (Å²) in [6, 6.07) is 8.35. The molecule has 1 atom stereocenters. The van der Waals surface area contributed by atoms with Crippen molar-refractivity contribution in [1.82, 2.24) is 14.5 Å².